The minimum absolute atomic E-state index is 0.125. The van der Waals surface area contributed by atoms with Crippen LogP contribution in [-0.2, 0) is 4.52 Å². The average Bonchev–Trinajstić information content (AvgIpc) is 2.84. The molecule has 3 unspecified atom stereocenters. The highest BCUT2D eigenvalue weighted by Gasteiger charge is 2.35. The molecule has 1 fully saturated rings. The predicted octanol–water partition coefficient (Wildman–Crippen LogP) is 9.16. The van der Waals surface area contributed by atoms with Gasteiger partial charge in [0.1, 0.15) is 11.5 Å². The minimum Gasteiger partial charge on any atom is -0.417 e. The standard InChI is InChI=1S/C30H33O3P/c1-21(2)25-19-18-22(3)20-30(25)33-34(31-28-16-8-12-23-10-4-6-14-26(23)28)32-29-17-9-13-24-11-5-7-15-27(24)29/h4-17,21-22,25,30H,18-20H2,1-3H3. The molecular formula is C30H33O3P. The SMILES string of the molecule is CC1CCC(C(C)C)C(OP(Oc2cccc3ccccc23)Oc2cccc3ccccc23)C1. The van der Waals surface area contributed by atoms with Gasteiger partial charge in [0.2, 0.25) is 0 Å². The summed E-state index contributed by atoms with van der Waals surface area (Å²) in [5, 5.41) is 4.43. The smallest absolute Gasteiger partial charge is 0.417 e. The number of hydrogen-bond acceptors (Lipinski definition) is 3. The molecule has 1 aliphatic rings. The zero-order chi connectivity index (χ0) is 23.5. The lowest BCUT2D eigenvalue weighted by Gasteiger charge is -2.37. The fourth-order valence-corrected chi connectivity index (χ4v) is 6.35. The van der Waals surface area contributed by atoms with Gasteiger partial charge in [-0.25, -0.2) is 0 Å². The second-order valence-electron chi connectivity index (χ2n) is 9.83. The molecule has 4 heteroatoms. The van der Waals surface area contributed by atoms with Crippen molar-refractivity contribution in [3.05, 3.63) is 84.9 Å². The molecule has 3 atom stereocenters. The van der Waals surface area contributed by atoms with Crippen LogP contribution in [0, 0.1) is 17.8 Å². The Morgan fingerprint density at radius 1 is 0.706 bits per heavy atom. The lowest BCUT2D eigenvalue weighted by molar-refractivity contribution is 0.0398. The maximum absolute atomic E-state index is 6.76. The molecular weight excluding hydrogens is 439 g/mol. The van der Waals surface area contributed by atoms with Gasteiger partial charge in [0.15, 0.2) is 0 Å². The summed E-state index contributed by atoms with van der Waals surface area (Å²) in [5.41, 5.74) is 0. The maximum atomic E-state index is 6.76. The molecule has 0 N–H and O–H groups in total. The van der Waals surface area contributed by atoms with Crippen molar-refractivity contribution in [2.75, 3.05) is 0 Å². The van der Waals surface area contributed by atoms with Gasteiger partial charge in [0.05, 0.1) is 6.10 Å². The van der Waals surface area contributed by atoms with E-state index in [2.05, 4.69) is 69.3 Å². The molecule has 0 bridgehead atoms. The fourth-order valence-electron chi connectivity index (χ4n) is 5.12. The molecule has 4 aromatic rings. The summed E-state index contributed by atoms with van der Waals surface area (Å²) < 4.78 is 19.9. The first-order valence-electron chi connectivity index (χ1n) is 12.4. The zero-order valence-corrected chi connectivity index (χ0v) is 21.1. The van der Waals surface area contributed by atoms with E-state index in [-0.39, 0.29) is 6.10 Å². The number of hydrogen-bond donors (Lipinski definition) is 0. The number of benzene rings is 4. The van der Waals surface area contributed by atoms with E-state index in [0.717, 1.165) is 39.5 Å². The van der Waals surface area contributed by atoms with Crippen LogP contribution < -0.4 is 9.05 Å². The largest absolute Gasteiger partial charge is 0.463 e. The molecule has 4 aromatic carbocycles. The van der Waals surface area contributed by atoms with Crippen LogP contribution in [0.25, 0.3) is 21.5 Å². The molecule has 0 aromatic heterocycles. The van der Waals surface area contributed by atoms with E-state index in [4.69, 9.17) is 13.6 Å². The third kappa shape index (κ3) is 5.06. The van der Waals surface area contributed by atoms with E-state index in [1.54, 1.807) is 0 Å². The summed E-state index contributed by atoms with van der Waals surface area (Å²) in [7, 11) is -1.65. The van der Waals surface area contributed by atoms with Crippen LogP contribution in [0.15, 0.2) is 84.9 Å². The highest BCUT2D eigenvalue weighted by Crippen LogP contribution is 2.49. The fraction of sp³-hybridized carbons (Fsp3) is 0.333. The van der Waals surface area contributed by atoms with E-state index < -0.39 is 8.60 Å². The van der Waals surface area contributed by atoms with Crippen molar-refractivity contribution in [3.63, 3.8) is 0 Å². The van der Waals surface area contributed by atoms with Crippen molar-refractivity contribution in [1.82, 2.24) is 0 Å². The maximum Gasteiger partial charge on any atom is 0.463 e. The second-order valence-corrected chi connectivity index (χ2v) is 10.9. The van der Waals surface area contributed by atoms with Crippen molar-refractivity contribution in [1.29, 1.82) is 0 Å². The van der Waals surface area contributed by atoms with Gasteiger partial charge in [-0.3, -0.25) is 4.52 Å². The van der Waals surface area contributed by atoms with E-state index in [1.165, 1.54) is 12.8 Å². The average molecular weight is 473 g/mol. The van der Waals surface area contributed by atoms with Crippen molar-refractivity contribution in [3.8, 4) is 11.5 Å². The number of fused-ring (bicyclic) bond motifs is 2. The van der Waals surface area contributed by atoms with Crippen LogP contribution in [-0.4, -0.2) is 6.10 Å². The molecule has 1 saturated carbocycles. The Labute approximate surface area is 204 Å². The van der Waals surface area contributed by atoms with E-state index in [0.29, 0.717) is 17.8 Å². The monoisotopic (exact) mass is 472 g/mol. The summed E-state index contributed by atoms with van der Waals surface area (Å²) in [5.74, 6) is 3.31. The molecule has 0 heterocycles. The second kappa shape index (κ2) is 10.3. The van der Waals surface area contributed by atoms with Crippen molar-refractivity contribution in [2.24, 2.45) is 17.8 Å². The van der Waals surface area contributed by atoms with Gasteiger partial charge in [-0.15, -0.1) is 0 Å². The van der Waals surface area contributed by atoms with Gasteiger partial charge in [-0.1, -0.05) is 100.0 Å². The molecule has 34 heavy (non-hydrogen) atoms. The number of rotatable bonds is 7. The summed E-state index contributed by atoms with van der Waals surface area (Å²) >= 11 is 0. The van der Waals surface area contributed by atoms with E-state index in [1.807, 2.05) is 36.4 Å². The third-order valence-corrected chi connectivity index (χ3v) is 8.16. The summed E-state index contributed by atoms with van der Waals surface area (Å²) in [6.45, 7) is 6.93. The predicted molar refractivity (Wildman–Crippen MR) is 142 cm³/mol. The van der Waals surface area contributed by atoms with Crippen LogP contribution >= 0.6 is 8.60 Å². The molecule has 0 amide bonds. The highest BCUT2D eigenvalue weighted by molar-refractivity contribution is 7.42. The summed E-state index contributed by atoms with van der Waals surface area (Å²) in [4.78, 5) is 0. The Hall–Kier alpha value is -2.61. The highest BCUT2D eigenvalue weighted by atomic mass is 31.2. The van der Waals surface area contributed by atoms with E-state index in [9.17, 15) is 0 Å². The first kappa shape index (κ1) is 23.1. The zero-order valence-electron chi connectivity index (χ0n) is 20.2. The van der Waals surface area contributed by atoms with Gasteiger partial charge >= 0.3 is 8.60 Å². The molecule has 0 spiro atoms. The molecule has 0 aliphatic heterocycles. The quantitative estimate of drug-likeness (QED) is 0.251. The Balaban J connectivity index is 1.49. The summed E-state index contributed by atoms with van der Waals surface area (Å²) in [6, 6.07) is 28.9. The molecule has 0 radical (unpaired) electrons. The molecule has 3 nitrogen and oxygen atoms in total. The third-order valence-electron chi connectivity index (χ3n) is 7.03. The molecule has 176 valence electrons. The van der Waals surface area contributed by atoms with Gasteiger partial charge in [0.25, 0.3) is 0 Å². The Morgan fingerprint density at radius 2 is 1.24 bits per heavy atom. The first-order valence-corrected chi connectivity index (χ1v) is 13.5. The lowest BCUT2D eigenvalue weighted by Crippen LogP contribution is -2.33. The molecule has 1 aliphatic carbocycles. The normalized spacial score (nSPS) is 20.8. The van der Waals surface area contributed by atoms with Crippen molar-refractivity contribution in [2.45, 2.75) is 46.1 Å². The molecule has 0 saturated heterocycles. The van der Waals surface area contributed by atoms with Crippen molar-refractivity contribution >= 4 is 30.1 Å². The Morgan fingerprint density at radius 3 is 1.79 bits per heavy atom. The van der Waals surface area contributed by atoms with Crippen molar-refractivity contribution < 1.29 is 13.6 Å². The van der Waals surface area contributed by atoms with Crippen LogP contribution in [0.2, 0.25) is 0 Å². The van der Waals surface area contributed by atoms with Gasteiger partial charge in [-0.05, 0) is 53.5 Å². The molecule has 5 rings (SSSR count). The van der Waals surface area contributed by atoms with Crippen LogP contribution in [0.3, 0.4) is 0 Å². The minimum atomic E-state index is -1.65. The Kier molecular flexibility index (Phi) is 7.04. The van der Waals surface area contributed by atoms with E-state index >= 15 is 0 Å². The van der Waals surface area contributed by atoms with Crippen LogP contribution in [0.4, 0.5) is 0 Å². The lowest BCUT2D eigenvalue weighted by atomic mass is 9.75. The Bertz CT molecular complexity index is 1160. The van der Waals surface area contributed by atoms with Gasteiger partial charge in [-0.2, -0.15) is 0 Å². The van der Waals surface area contributed by atoms with Gasteiger partial charge in [0, 0.05) is 10.8 Å². The van der Waals surface area contributed by atoms with Gasteiger partial charge < -0.3 is 9.05 Å². The summed E-state index contributed by atoms with van der Waals surface area (Å²) in [6.07, 6.45) is 3.61. The van der Waals surface area contributed by atoms with Crippen LogP contribution in [0.1, 0.15) is 40.0 Å². The topological polar surface area (TPSA) is 27.7 Å². The first-order chi connectivity index (χ1) is 16.6. The van der Waals surface area contributed by atoms with Crippen LogP contribution in [0.5, 0.6) is 11.5 Å².